The third kappa shape index (κ3) is 8.14. The molecule has 2 aromatic carbocycles. The molecule has 0 aliphatic carbocycles. The van der Waals surface area contributed by atoms with E-state index >= 15 is 0 Å². The lowest BCUT2D eigenvalue weighted by Crippen LogP contribution is -2.42. The molecule has 10 heteroatoms. The van der Waals surface area contributed by atoms with Crippen LogP contribution < -0.4 is 20.3 Å². The molecule has 8 nitrogen and oxygen atoms in total. The number of hydrazine groups is 1. The predicted molar refractivity (Wildman–Crippen MR) is 123 cm³/mol. The van der Waals surface area contributed by atoms with Crippen molar-refractivity contribution in [3.63, 3.8) is 0 Å². The maximum absolute atomic E-state index is 12.4. The molecule has 0 unspecified atom stereocenters. The number of sulfonamides is 1. The lowest BCUT2D eigenvalue weighted by molar-refractivity contribution is -0.128. The Kier molecular flexibility index (Phi) is 9.49. The van der Waals surface area contributed by atoms with Gasteiger partial charge >= 0.3 is 0 Å². The highest BCUT2D eigenvalue weighted by Crippen LogP contribution is 2.22. The zero-order valence-electron chi connectivity index (χ0n) is 18.3. The smallest absolute Gasteiger partial charge is 0.240 e. The van der Waals surface area contributed by atoms with Gasteiger partial charge < -0.3 is 4.74 Å². The third-order valence-electron chi connectivity index (χ3n) is 4.56. The van der Waals surface area contributed by atoms with E-state index in [4.69, 9.17) is 16.3 Å². The minimum Gasteiger partial charge on any atom is -0.493 e. The van der Waals surface area contributed by atoms with Crippen LogP contribution in [-0.2, 0) is 19.6 Å². The lowest BCUT2D eigenvalue weighted by Gasteiger charge is -2.11. The molecule has 2 aromatic rings. The highest BCUT2D eigenvalue weighted by atomic mass is 35.5. The molecule has 0 atom stereocenters. The Bertz CT molecular complexity index is 1070. The minimum absolute atomic E-state index is 0.0916. The molecule has 174 valence electrons. The van der Waals surface area contributed by atoms with Crippen LogP contribution in [0.5, 0.6) is 5.75 Å². The largest absolute Gasteiger partial charge is 0.493 e. The van der Waals surface area contributed by atoms with Crippen LogP contribution in [0.2, 0.25) is 5.02 Å². The van der Waals surface area contributed by atoms with E-state index in [1.807, 2.05) is 13.0 Å². The van der Waals surface area contributed by atoms with E-state index in [1.165, 1.54) is 0 Å². The fourth-order valence-corrected chi connectivity index (χ4v) is 4.41. The van der Waals surface area contributed by atoms with Crippen molar-refractivity contribution >= 4 is 33.4 Å². The maximum atomic E-state index is 12.4. The molecule has 0 radical (unpaired) electrons. The zero-order valence-corrected chi connectivity index (χ0v) is 19.9. The molecule has 2 amide bonds. The molecule has 0 aromatic heterocycles. The summed E-state index contributed by atoms with van der Waals surface area (Å²) in [6.45, 7) is 5.64. The number of hydrogen-bond acceptors (Lipinski definition) is 5. The van der Waals surface area contributed by atoms with Crippen molar-refractivity contribution in [3.8, 4) is 5.75 Å². The van der Waals surface area contributed by atoms with Gasteiger partial charge in [-0.25, -0.2) is 13.1 Å². The van der Waals surface area contributed by atoms with Gasteiger partial charge in [0.05, 0.1) is 11.5 Å². The van der Waals surface area contributed by atoms with Crippen LogP contribution in [0.25, 0.3) is 0 Å². The number of halogens is 1. The third-order valence-corrected chi connectivity index (χ3v) is 6.40. The van der Waals surface area contributed by atoms with Crippen molar-refractivity contribution in [2.75, 3.05) is 13.2 Å². The molecular weight excluding hydrogens is 454 g/mol. The number of carbonyl (C=O) groups is 2. The second-order valence-electron chi connectivity index (χ2n) is 7.37. The molecule has 0 spiro atoms. The van der Waals surface area contributed by atoms with E-state index in [2.05, 4.69) is 15.6 Å². The number of amides is 2. The van der Waals surface area contributed by atoms with Crippen LogP contribution in [0.3, 0.4) is 0 Å². The Labute approximate surface area is 193 Å². The first-order chi connectivity index (χ1) is 15.1. The van der Waals surface area contributed by atoms with Crippen LogP contribution in [0.15, 0.2) is 41.3 Å². The monoisotopic (exact) mass is 481 g/mol. The van der Waals surface area contributed by atoms with Crippen LogP contribution >= 0.6 is 11.6 Å². The summed E-state index contributed by atoms with van der Waals surface area (Å²) >= 11 is 5.90. The number of rotatable bonds is 10. The average Bonchev–Trinajstić information content (AvgIpc) is 2.72. The summed E-state index contributed by atoms with van der Waals surface area (Å²) in [5, 5.41) is 0.628. The first-order valence-corrected chi connectivity index (χ1v) is 12.0. The van der Waals surface area contributed by atoms with Gasteiger partial charge in [0.1, 0.15) is 5.75 Å². The van der Waals surface area contributed by atoms with Gasteiger partial charge in [-0.15, -0.1) is 0 Å². The maximum Gasteiger partial charge on any atom is 0.240 e. The van der Waals surface area contributed by atoms with E-state index in [9.17, 15) is 18.0 Å². The molecule has 0 aliphatic heterocycles. The van der Waals surface area contributed by atoms with Crippen molar-refractivity contribution in [2.24, 2.45) is 0 Å². The topological polar surface area (TPSA) is 114 Å². The number of ether oxygens (including phenoxy) is 1. The number of aryl methyl sites for hydroxylation is 3. The summed E-state index contributed by atoms with van der Waals surface area (Å²) in [5.74, 6) is -0.174. The van der Waals surface area contributed by atoms with Gasteiger partial charge in [-0.05, 0) is 68.1 Å². The summed E-state index contributed by atoms with van der Waals surface area (Å²) in [6, 6.07) is 10.4. The van der Waals surface area contributed by atoms with E-state index in [-0.39, 0.29) is 30.2 Å². The van der Waals surface area contributed by atoms with Gasteiger partial charge in [0.2, 0.25) is 21.8 Å². The lowest BCUT2D eigenvalue weighted by atomic mass is 10.2. The Balaban J connectivity index is 1.65. The molecule has 3 N–H and O–H groups in total. The first-order valence-electron chi connectivity index (χ1n) is 10.1. The van der Waals surface area contributed by atoms with Crippen LogP contribution in [0.4, 0.5) is 0 Å². The van der Waals surface area contributed by atoms with Crippen LogP contribution in [0.1, 0.15) is 36.0 Å². The van der Waals surface area contributed by atoms with Gasteiger partial charge in [-0.3, -0.25) is 20.4 Å². The number of nitrogens with one attached hydrogen (secondary N) is 3. The standard InChI is InChI=1S/C22H28ClN3O5S/c1-15-6-7-16(2)20(13-15)32(29,30)24-11-10-22(28)26-25-21(27)5-4-12-31-19-9-8-18(23)14-17(19)3/h6-9,13-14,24H,4-5,10-12H2,1-3H3,(H,25,27)(H,26,28). The number of carbonyl (C=O) groups excluding carboxylic acids is 2. The summed E-state index contributed by atoms with van der Waals surface area (Å²) in [5.41, 5.74) is 6.93. The summed E-state index contributed by atoms with van der Waals surface area (Å²) in [4.78, 5) is 23.9. The molecule has 0 bridgehead atoms. The molecule has 0 saturated heterocycles. The summed E-state index contributed by atoms with van der Waals surface area (Å²) in [6.07, 6.45) is 0.495. The second-order valence-corrected chi connectivity index (χ2v) is 9.55. The Morgan fingerprint density at radius 3 is 2.31 bits per heavy atom. The van der Waals surface area contributed by atoms with Gasteiger partial charge in [-0.1, -0.05) is 23.7 Å². The molecule has 0 heterocycles. The van der Waals surface area contributed by atoms with E-state index in [1.54, 1.807) is 44.2 Å². The highest BCUT2D eigenvalue weighted by Gasteiger charge is 2.17. The van der Waals surface area contributed by atoms with Crippen molar-refractivity contribution in [1.82, 2.24) is 15.6 Å². The minimum atomic E-state index is -3.72. The number of hydrogen-bond donors (Lipinski definition) is 3. The van der Waals surface area contributed by atoms with Gasteiger partial charge in [-0.2, -0.15) is 0 Å². The average molecular weight is 482 g/mol. The van der Waals surface area contributed by atoms with E-state index < -0.39 is 15.9 Å². The van der Waals surface area contributed by atoms with E-state index in [0.29, 0.717) is 29.4 Å². The van der Waals surface area contributed by atoms with Crippen molar-refractivity contribution in [3.05, 3.63) is 58.1 Å². The van der Waals surface area contributed by atoms with Crippen molar-refractivity contribution in [2.45, 2.75) is 44.9 Å². The Morgan fingerprint density at radius 2 is 1.62 bits per heavy atom. The molecule has 2 rings (SSSR count). The van der Waals surface area contributed by atoms with Gasteiger partial charge in [0.25, 0.3) is 0 Å². The van der Waals surface area contributed by atoms with E-state index in [0.717, 1.165) is 11.1 Å². The van der Waals surface area contributed by atoms with Crippen molar-refractivity contribution in [1.29, 1.82) is 0 Å². The highest BCUT2D eigenvalue weighted by molar-refractivity contribution is 7.89. The fourth-order valence-electron chi connectivity index (χ4n) is 2.83. The second kappa shape index (κ2) is 11.8. The van der Waals surface area contributed by atoms with Crippen molar-refractivity contribution < 1.29 is 22.7 Å². The molecule has 32 heavy (non-hydrogen) atoms. The predicted octanol–water partition coefficient (Wildman–Crippen LogP) is 2.94. The Morgan fingerprint density at radius 1 is 0.938 bits per heavy atom. The van der Waals surface area contributed by atoms with Gasteiger partial charge in [0, 0.05) is 24.4 Å². The quantitative estimate of drug-likeness (QED) is 0.356. The van der Waals surface area contributed by atoms with Gasteiger partial charge in [0.15, 0.2) is 0 Å². The first kappa shape index (κ1) is 25.6. The molecular formula is C22H28ClN3O5S. The fraction of sp³-hybridized carbons (Fsp3) is 0.364. The van der Waals surface area contributed by atoms with Crippen LogP contribution in [0, 0.1) is 20.8 Å². The molecule has 0 aliphatic rings. The van der Waals surface area contributed by atoms with Crippen LogP contribution in [-0.4, -0.2) is 33.4 Å². The SMILES string of the molecule is Cc1ccc(C)c(S(=O)(=O)NCCC(=O)NNC(=O)CCCOc2ccc(Cl)cc2C)c1. The zero-order chi connectivity index (χ0) is 23.7. The Hall–Kier alpha value is -2.62. The molecule has 0 saturated carbocycles. The summed E-state index contributed by atoms with van der Waals surface area (Å²) in [7, 11) is -3.72. The normalized spacial score (nSPS) is 11.1. The molecule has 0 fully saturated rings. The number of benzene rings is 2. The summed E-state index contributed by atoms with van der Waals surface area (Å²) < 4.78 is 32.8.